The van der Waals surface area contributed by atoms with Gasteiger partial charge in [-0.15, -0.1) is 4.40 Å². The van der Waals surface area contributed by atoms with Gasteiger partial charge in [-0.05, 0) is 57.2 Å². The standard InChI is InChI=1S/C25H28FN5O6S/c1-16(2)31-21(24(37-29-31)28-38(34,35)20-10-4-17(3)5-11-20)15-30-12-13-36-22(25(30)33)14-23(32)27-19-8-6-18(26)7-9-19/h4-11,16,22H,12-15H2,1-3H3,(H,27,32)/b28-24-. The maximum atomic E-state index is 13.2. The van der Waals surface area contributed by atoms with Crippen LogP contribution in [-0.2, 0) is 30.9 Å². The molecule has 2 amide bonds. The van der Waals surface area contributed by atoms with Crippen LogP contribution in [0.15, 0.2) is 62.3 Å². The molecule has 0 bridgehead atoms. The highest BCUT2D eigenvalue weighted by molar-refractivity contribution is 7.90. The van der Waals surface area contributed by atoms with Gasteiger partial charge in [0.1, 0.15) is 24.5 Å². The molecule has 1 aliphatic heterocycles. The van der Waals surface area contributed by atoms with Crippen LogP contribution in [0.3, 0.4) is 0 Å². The van der Waals surface area contributed by atoms with Gasteiger partial charge in [0, 0.05) is 12.2 Å². The zero-order chi connectivity index (χ0) is 27.4. The van der Waals surface area contributed by atoms with Crippen molar-refractivity contribution in [1.82, 2.24) is 10.2 Å². The summed E-state index contributed by atoms with van der Waals surface area (Å²) < 4.78 is 55.1. The number of nitrogens with zero attached hydrogens (tertiary/aromatic N) is 4. The summed E-state index contributed by atoms with van der Waals surface area (Å²) in [6.07, 6.45) is -1.30. The Morgan fingerprint density at radius 3 is 2.55 bits per heavy atom. The van der Waals surface area contributed by atoms with E-state index in [1.807, 2.05) is 20.8 Å². The van der Waals surface area contributed by atoms with Crippen molar-refractivity contribution >= 4 is 27.5 Å². The van der Waals surface area contributed by atoms with Crippen LogP contribution in [0.2, 0.25) is 0 Å². The molecule has 0 aliphatic carbocycles. The Hall–Kier alpha value is -3.84. The molecule has 1 atom stereocenters. The lowest BCUT2D eigenvalue weighted by Gasteiger charge is -2.31. The number of amides is 2. The Morgan fingerprint density at radius 2 is 1.89 bits per heavy atom. The second kappa shape index (κ2) is 11.3. The maximum absolute atomic E-state index is 13.2. The van der Waals surface area contributed by atoms with Gasteiger partial charge in [0.05, 0.1) is 17.9 Å². The van der Waals surface area contributed by atoms with Crippen LogP contribution < -0.4 is 20.8 Å². The van der Waals surface area contributed by atoms with Crippen LogP contribution in [0.25, 0.3) is 0 Å². The Balaban J connectivity index is 1.54. The van der Waals surface area contributed by atoms with E-state index in [0.717, 1.165) is 5.56 Å². The third-order valence-corrected chi connectivity index (χ3v) is 7.13. The van der Waals surface area contributed by atoms with Gasteiger partial charge in [0.15, 0.2) is 0 Å². The van der Waals surface area contributed by atoms with Crippen molar-refractivity contribution in [1.29, 1.82) is 0 Å². The zero-order valence-corrected chi connectivity index (χ0v) is 21.9. The van der Waals surface area contributed by atoms with Gasteiger partial charge < -0.3 is 19.5 Å². The van der Waals surface area contributed by atoms with Gasteiger partial charge in [0.25, 0.3) is 27.2 Å². The number of ether oxygens (including phenoxy) is 1. The molecule has 1 unspecified atom stereocenters. The van der Waals surface area contributed by atoms with Crippen molar-refractivity contribution in [3.63, 3.8) is 0 Å². The Morgan fingerprint density at radius 1 is 1.21 bits per heavy atom. The van der Waals surface area contributed by atoms with Gasteiger partial charge in [-0.2, -0.15) is 8.42 Å². The molecule has 38 heavy (non-hydrogen) atoms. The number of rotatable bonds is 8. The first-order chi connectivity index (χ1) is 18.0. The second-order valence-electron chi connectivity index (χ2n) is 9.12. The van der Waals surface area contributed by atoms with Crippen molar-refractivity contribution in [3.05, 3.63) is 71.2 Å². The molecule has 0 radical (unpaired) electrons. The van der Waals surface area contributed by atoms with E-state index < -0.39 is 33.8 Å². The van der Waals surface area contributed by atoms with Crippen LogP contribution in [0.4, 0.5) is 10.1 Å². The number of sulfonamides is 1. The summed E-state index contributed by atoms with van der Waals surface area (Å²) in [5.74, 6) is -1.36. The highest BCUT2D eigenvalue weighted by Gasteiger charge is 2.34. The highest BCUT2D eigenvalue weighted by atomic mass is 32.2. The molecule has 1 N–H and O–H groups in total. The number of hydrogen-bond donors (Lipinski definition) is 1. The number of carbonyl (C=O) groups is 2. The average Bonchev–Trinajstić information content (AvgIpc) is 3.25. The fourth-order valence-electron chi connectivity index (χ4n) is 3.86. The molecule has 2 aromatic carbocycles. The summed E-state index contributed by atoms with van der Waals surface area (Å²) in [4.78, 5) is 27.1. The van der Waals surface area contributed by atoms with Crippen molar-refractivity contribution in [3.8, 4) is 0 Å². The molecule has 0 spiro atoms. The van der Waals surface area contributed by atoms with Gasteiger partial charge in [-0.25, -0.2) is 9.07 Å². The minimum atomic E-state index is -4.11. The van der Waals surface area contributed by atoms with Crippen LogP contribution in [0.5, 0.6) is 0 Å². The lowest BCUT2D eigenvalue weighted by atomic mass is 10.1. The summed E-state index contributed by atoms with van der Waals surface area (Å²) in [6, 6.07) is 11.3. The molecular weight excluding hydrogens is 517 g/mol. The van der Waals surface area contributed by atoms with Crippen molar-refractivity contribution < 1.29 is 36.3 Å². The molecule has 1 aliphatic rings. The summed E-state index contributed by atoms with van der Waals surface area (Å²) in [5, 5.41) is 6.55. The second-order valence-corrected chi connectivity index (χ2v) is 10.7. The van der Waals surface area contributed by atoms with Gasteiger partial charge >= 0.3 is 0 Å². The topological polar surface area (TPSA) is 136 Å². The molecule has 11 nitrogen and oxygen atoms in total. The molecule has 3 aromatic rings. The van der Waals surface area contributed by atoms with E-state index in [4.69, 9.17) is 9.26 Å². The predicted octanol–water partition coefficient (Wildman–Crippen LogP) is 1.60. The lowest BCUT2D eigenvalue weighted by Crippen LogP contribution is -2.52. The normalized spacial score (nSPS) is 16.8. The molecule has 1 fully saturated rings. The summed E-state index contributed by atoms with van der Waals surface area (Å²) in [5.41, 5.74) is 1.35. The number of halogens is 1. The number of aromatic nitrogens is 2. The van der Waals surface area contributed by atoms with Gasteiger partial charge in [0.2, 0.25) is 5.91 Å². The molecule has 1 aromatic heterocycles. The lowest BCUT2D eigenvalue weighted by molar-refractivity contribution is -0.790. The fraction of sp³-hybridized carbons (Fsp3) is 0.360. The van der Waals surface area contributed by atoms with Crippen molar-refractivity contribution in [2.24, 2.45) is 4.40 Å². The van der Waals surface area contributed by atoms with E-state index in [9.17, 15) is 22.4 Å². The van der Waals surface area contributed by atoms with Crippen LogP contribution >= 0.6 is 0 Å². The SMILES string of the molecule is Cc1ccc(S(=O)(=O)/N=c2\o[n-][n+](C(C)C)c2CN2CCOC(CC(=O)Nc3ccc(F)cc3)C2=O)cc1. The smallest absolute Gasteiger partial charge is 0.289 e. The van der Waals surface area contributed by atoms with E-state index in [1.54, 1.807) is 12.1 Å². The van der Waals surface area contributed by atoms with E-state index >= 15 is 0 Å². The average molecular weight is 546 g/mol. The Kier molecular flexibility index (Phi) is 8.07. The number of hydrogen-bond acceptors (Lipinski definition) is 6. The predicted molar refractivity (Wildman–Crippen MR) is 131 cm³/mol. The molecule has 4 rings (SSSR count). The zero-order valence-electron chi connectivity index (χ0n) is 21.1. The number of nitrogens with one attached hydrogen (secondary N) is 1. The van der Waals surface area contributed by atoms with Crippen LogP contribution in [-0.4, -0.2) is 44.4 Å². The van der Waals surface area contributed by atoms with Crippen molar-refractivity contribution in [2.75, 3.05) is 18.5 Å². The third-order valence-electron chi connectivity index (χ3n) is 5.86. The van der Waals surface area contributed by atoms with Crippen molar-refractivity contribution in [2.45, 2.75) is 50.8 Å². The molecule has 0 saturated carbocycles. The van der Waals surface area contributed by atoms with E-state index in [-0.39, 0.29) is 42.6 Å². The first-order valence-electron chi connectivity index (χ1n) is 11.9. The molecule has 13 heteroatoms. The maximum Gasteiger partial charge on any atom is 0.289 e. The molecule has 202 valence electrons. The van der Waals surface area contributed by atoms with Crippen LogP contribution in [0, 0.1) is 12.7 Å². The minimum Gasteiger partial charge on any atom is -0.486 e. The largest absolute Gasteiger partial charge is 0.486 e. The summed E-state index contributed by atoms with van der Waals surface area (Å²) in [6.45, 7) is 5.82. The molecule has 1 saturated heterocycles. The van der Waals surface area contributed by atoms with Crippen LogP contribution in [0.1, 0.15) is 37.6 Å². The van der Waals surface area contributed by atoms with E-state index in [0.29, 0.717) is 11.4 Å². The molecule has 2 heterocycles. The monoisotopic (exact) mass is 545 g/mol. The van der Waals surface area contributed by atoms with E-state index in [2.05, 4.69) is 15.0 Å². The first kappa shape index (κ1) is 27.2. The highest BCUT2D eigenvalue weighted by Crippen LogP contribution is 2.16. The Labute approximate surface area is 218 Å². The van der Waals surface area contributed by atoms with Gasteiger partial charge in [-0.3, -0.25) is 14.9 Å². The third kappa shape index (κ3) is 6.34. The summed E-state index contributed by atoms with van der Waals surface area (Å²) in [7, 11) is -4.11. The molecular formula is C25H28FN5O6S. The summed E-state index contributed by atoms with van der Waals surface area (Å²) >= 11 is 0. The number of morpholine rings is 1. The first-order valence-corrected chi connectivity index (χ1v) is 13.4. The number of anilines is 1. The number of benzene rings is 2. The fourth-order valence-corrected chi connectivity index (χ4v) is 4.80. The van der Waals surface area contributed by atoms with E-state index in [1.165, 1.54) is 46.0 Å². The quantitative estimate of drug-likeness (QED) is 0.425. The number of carbonyl (C=O) groups excluding carboxylic acids is 2. The van der Waals surface area contributed by atoms with Gasteiger partial charge in [-0.1, -0.05) is 17.7 Å². The Bertz CT molecular complexity index is 1480. The number of aryl methyl sites for hydroxylation is 1. The minimum absolute atomic E-state index is 0.00349.